The van der Waals surface area contributed by atoms with Crippen LogP contribution >= 0.6 is 11.6 Å². The number of hydrogen-bond acceptors (Lipinski definition) is 4. The molecular formula is C22H18ClNO4. The van der Waals surface area contributed by atoms with E-state index in [0.29, 0.717) is 53.3 Å². The highest BCUT2D eigenvalue weighted by Gasteiger charge is 2.17. The highest BCUT2D eigenvalue weighted by Crippen LogP contribution is 2.38. The van der Waals surface area contributed by atoms with E-state index in [1.54, 1.807) is 30.3 Å². The molecule has 3 aromatic carbocycles. The lowest BCUT2D eigenvalue weighted by Crippen LogP contribution is -2.17. The number of fused-ring (bicyclic) bond motifs is 1. The number of halogens is 1. The van der Waals surface area contributed by atoms with Crippen molar-refractivity contribution < 1.29 is 19.0 Å². The van der Waals surface area contributed by atoms with Crippen LogP contribution in [-0.2, 0) is 6.61 Å². The standard InChI is InChI=1S/C22H18ClNO4/c23-18-12-20-21(27-10-9-26-20)13-19(18)24-22(25)16-7-4-8-17(11-16)28-14-15-5-2-1-3-6-15/h1-8,11-13H,9-10,14H2,(H,24,25). The number of benzene rings is 3. The van der Waals surface area contributed by atoms with Crippen LogP contribution in [0.1, 0.15) is 15.9 Å². The summed E-state index contributed by atoms with van der Waals surface area (Å²) >= 11 is 6.27. The van der Waals surface area contributed by atoms with Gasteiger partial charge in [0.25, 0.3) is 5.91 Å². The minimum absolute atomic E-state index is 0.288. The van der Waals surface area contributed by atoms with E-state index < -0.39 is 0 Å². The minimum atomic E-state index is -0.288. The molecule has 0 unspecified atom stereocenters. The fourth-order valence-corrected chi connectivity index (χ4v) is 3.02. The molecule has 0 aliphatic carbocycles. The van der Waals surface area contributed by atoms with E-state index in [2.05, 4.69) is 5.32 Å². The summed E-state index contributed by atoms with van der Waals surface area (Å²) in [5.74, 6) is 1.46. The van der Waals surface area contributed by atoms with Gasteiger partial charge in [0.05, 0.1) is 10.7 Å². The number of carbonyl (C=O) groups is 1. The third-order valence-electron chi connectivity index (χ3n) is 4.22. The van der Waals surface area contributed by atoms with Gasteiger partial charge < -0.3 is 19.5 Å². The molecule has 4 rings (SSSR count). The SMILES string of the molecule is O=C(Nc1cc2c(cc1Cl)OCCO2)c1cccc(OCc2ccccc2)c1. The van der Waals surface area contributed by atoms with Crippen LogP contribution in [0.5, 0.6) is 17.2 Å². The highest BCUT2D eigenvalue weighted by atomic mass is 35.5. The molecule has 6 heteroatoms. The van der Waals surface area contributed by atoms with Gasteiger partial charge in [0.15, 0.2) is 11.5 Å². The molecule has 1 N–H and O–H groups in total. The van der Waals surface area contributed by atoms with Crippen molar-refractivity contribution in [3.63, 3.8) is 0 Å². The summed E-state index contributed by atoms with van der Waals surface area (Å²) in [6.45, 7) is 1.37. The third kappa shape index (κ3) is 4.21. The maximum atomic E-state index is 12.7. The first-order valence-electron chi connectivity index (χ1n) is 8.86. The molecule has 5 nitrogen and oxygen atoms in total. The van der Waals surface area contributed by atoms with Crippen LogP contribution in [0.25, 0.3) is 0 Å². The second-order valence-electron chi connectivity index (χ2n) is 6.23. The molecule has 0 bridgehead atoms. The second kappa shape index (κ2) is 8.23. The topological polar surface area (TPSA) is 56.8 Å². The van der Waals surface area contributed by atoms with Gasteiger partial charge in [-0.3, -0.25) is 4.79 Å². The Balaban J connectivity index is 1.46. The van der Waals surface area contributed by atoms with Gasteiger partial charge in [0, 0.05) is 17.7 Å². The van der Waals surface area contributed by atoms with Crippen LogP contribution in [0, 0.1) is 0 Å². The molecule has 1 aliphatic rings. The summed E-state index contributed by atoms with van der Waals surface area (Å²) in [6, 6.07) is 20.2. The number of carbonyl (C=O) groups excluding carboxylic acids is 1. The molecule has 142 valence electrons. The fraction of sp³-hybridized carbons (Fsp3) is 0.136. The Morgan fingerprint density at radius 3 is 2.50 bits per heavy atom. The van der Waals surface area contributed by atoms with Crippen LogP contribution in [-0.4, -0.2) is 19.1 Å². The zero-order valence-electron chi connectivity index (χ0n) is 15.0. The lowest BCUT2D eigenvalue weighted by molar-refractivity contribution is 0.102. The van der Waals surface area contributed by atoms with Crippen LogP contribution in [0.15, 0.2) is 66.7 Å². The van der Waals surface area contributed by atoms with E-state index in [1.165, 1.54) is 0 Å². The monoisotopic (exact) mass is 395 g/mol. The number of nitrogens with one attached hydrogen (secondary N) is 1. The first-order valence-corrected chi connectivity index (χ1v) is 9.24. The maximum Gasteiger partial charge on any atom is 0.255 e. The second-order valence-corrected chi connectivity index (χ2v) is 6.64. The number of rotatable bonds is 5. The summed E-state index contributed by atoms with van der Waals surface area (Å²) in [5.41, 5.74) is 1.99. The van der Waals surface area contributed by atoms with Gasteiger partial charge in [0.2, 0.25) is 0 Å². The largest absolute Gasteiger partial charge is 0.489 e. The van der Waals surface area contributed by atoms with E-state index in [-0.39, 0.29) is 5.91 Å². The van der Waals surface area contributed by atoms with E-state index in [1.807, 2.05) is 36.4 Å². The molecule has 0 radical (unpaired) electrons. The van der Waals surface area contributed by atoms with Gasteiger partial charge in [-0.25, -0.2) is 0 Å². The molecule has 0 saturated carbocycles. The molecule has 1 aliphatic heterocycles. The van der Waals surface area contributed by atoms with Crippen molar-refractivity contribution in [3.8, 4) is 17.2 Å². The smallest absolute Gasteiger partial charge is 0.255 e. The number of hydrogen-bond donors (Lipinski definition) is 1. The fourth-order valence-electron chi connectivity index (χ4n) is 2.82. The van der Waals surface area contributed by atoms with Crippen molar-refractivity contribution in [2.45, 2.75) is 6.61 Å². The Bertz CT molecular complexity index is 991. The number of anilines is 1. The zero-order valence-corrected chi connectivity index (χ0v) is 15.7. The van der Waals surface area contributed by atoms with Crippen molar-refractivity contribution in [2.24, 2.45) is 0 Å². The van der Waals surface area contributed by atoms with Gasteiger partial charge in [-0.2, -0.15) is 0 Å². The summed E-state index contributed by atoms with van der Waals surface area (Å²) in [6.07, 6.45) is 0. The predicted molar refractivity (Wildman–Crippen MR) is 108 cm³/mol. The third-order valence-corrected chi connectivity index (χ3v) is 4.54. The average Bonchev–Trinajstić information content (AvgIpc) is 2.74. The van der Waals surface area contributed by atoms with Crippen LogP contribution in [0.3, 0.4) is 0 Å². The van der Waals surface area contributed by atoms with Gasteiger partial charge in [-0.15, -0.1) is 0 Å². The van der Waals surface area contributed by atoms with Gasteiger partial charge >= 0.3 is 0 Å². The molecule has 28 heavy (non-hydrogen) atoms. The first-order chi connectivity index (χ1) is 13.7. The van der Waals surface area contributed by atoms with Crippen LogP contribution in [0.4, 0.5) is 5.69 Å². The van der Waals surface area contributed by atoms with Crippen molar-refractivity contribution in [3.05, 3.63) is 82.9 Å². The van der Waals surface area contributed by atoms with E-state index in [0.717, 1.165) is 5.56 Å². The normalized spacial score (nSPS) is 12.3. The molecule has 0 spiro atoms. The lowest BCUT2D eigenvalue weighted by Gasteiger charge is -2.20. The Morgan fingerprint density at radius 2 is 1.71 bits per heavy atom. The average molecular weight is 396 g/mol. The quantitative estimate of drug-likeness (QED) is 0.664. The van der Waals surface area contributed by atoms with E-state index >= 15 is 0 Å². The molecule has 0 atom stereocenters. The minimum Gasteiger partial charge on any atom is -0.489 e. The van der Waals surface area contributed by atoms with Crippen LogP contribution in [0.2, 0.25) is 5.02 Å². The van der Waals surface area contributed by atoms with Crippen molar-refractivity contribution >= 4 is 23.2 Å². The Labute approximate surface area is 167 Å². The van der Waals surface area contributed by atoms with E-state index in [9.17, 15) is 4.79 Å². The molecular weight excluding hydrogens is 378 g/mol. The molecule has 1 amide bonds. The van der Waals surface area contributed by atoms with Crippen molar-refractivity contribution in [1.29, 1.82) is 0 Å². The number of ether oxygens (including phenoxy) is 3. The maximum absolute atomic E-state index is 12.7. The zero-order chi connectivity index (χ0) is 19.3. The molecule has 0 aromatic heterocycles. The van der Waals surface area contributed by atoms with Crippen molar-refractivity contribution in [2.75, 3.05) is 18.5 Å². The Kier molecular flexibility index (Phi) is 5.35. The Morgan fingerprint density at radius 1 is 0.964 bits per heavy atom. The Hall–Kier alpha value is -3.18. The highest BCUT2D eigenvalue weighted by molar-refractivity contribution is 6.34. The van der Waals surface area contributed by atoms with E-state index in [4.69, 9.17) is 25.8 Å². The molecule has 0 fully saturated rings. The summed E-state index contributed by atoms with van der Waals surface area (Å²) in [5, 5.41) is 3.20. The lowest BCUT2D eigenvalue weighted by atomic mass is 10.2. The predicted octanol–water partition coefficient (Wildman–Crippen LogP) is 4.94. The summed E-state index contributed by atoms with van der Waals surface area (Å²) in [4.78, 5) is 12.7. The summed E-state index contributed by atoms with van der Waals surface area (Å²) in [7, 11) is 0. The van der Waals surface area contributed by atoms with Gasteiger partial charge in [-0.1, -0.05) is 48.0 Å². The first kappa shape index (κ1) is 18.2. The molecule has 3 aromatic rings. The summed E-state index contributed by atoms with van der Waals surface area (Å²) < 4.78 is 16.8. The van der Waals surface area contributed by atoms with Crippen molar-refractivity contribution in [1.82, 2.24) is 0 Å². The molecule has 0 saturated heterocycles. The number of amides is 1. The molecule has 1 heterocycles. The van der Waals surface area contributed by atoms with Gasteiger partial charge in [0.1, 0.15) is 25.6 Å². The van der Waals surface area contributed by atoms with Gasteiger partial charge in [-0.05, 0) is 23.8 Å². The van der Waals surface area contributed by atoms with Crippen LogP contribution < -0.4 is 19.5 Å².